The molecule has 164 valence electrons. The van der Waals surface area contributed by atoms with Crippen LogP contribution < -0.4 is 24.8 Å². The molecule has 0 bridgehead atoms. The number of carbonyl (C=O) groups is 1. The number of anilines is 1. The second kappa shape index (κ2) is 9.66. The SMILES string of the molecule is COc1ccc(-n2c(C)cc(CNC(=O)Nc3cc(Cl)c(OC)cc3OC)c2C)cc1. The number of amides is 2. The number of benzene rings is 2. The second-order valence-corrected chi connectivity index (χ2v) is 7.33. The van der Waals surface area contributed by atoms with E-state index in [1.54, 1.807) is 19.2 Å². The van der Waals surface area contributed by atoms with Crippen LogP contribution >= 0.6 is 11.6 Å². The van der Waals surface area contributed by atoms with Gasteiger partial charge in [0.15, 0.2) is 0 Å². The van der Waals surface area contributed by atoms with E-state index in [-0.39, 0.29) is 6.03 Å². The Balaban J connectivity index is 1.72. The first-order valence-electron chi connectivity index (χ1n) is 9.66. The van der Waals surface area contributed by atoms with E-state index in [0.29, 0.717) is 28.8 Å². The van der Waals surface area contributed by atoms with Crippen molar-refractivity contribution in [2.24, 2.45) is 0 Å². The number of nitrogens with zero attached hydrogens (tertiary/aromatic N) is 1. The van der Waals surface area contributed by atoms with E-state index in [1.807, 2.05) is 38.1 Å². The molecule has 8 heteroatoms. The molecule has 0 aliphatic carbocycles. The Morgan fingerprint density at radius 2 is 1.65 bits per heavy atom. The number of carbonyl (C=O) groups excluding carboxylic acids is 1. The van der Waals surface area contributed by atoms with Gasteiger partial charge in [0, 0.05) is 29.7 Å². The summed E-state index contributed by atoms with van der Waals surface area (Å²) in [5, 5.41) is 6.03. The number of aromatic nitrogens is 1. The highest BCUT2D eigenvalue weighted by Gasteiger charge is 2.14. The summed E-state index contributed by atoms with van der Waals surface area (Å²) in [7, 11) is 4.67. The maximum Gasteiger partial charge on any atom is 0.319 e. The lowest BCUT2D eigenvalue weighted by atomic mass is 10.2. The van der Waals surface area contributed by atoms with Crippen LogP contribution in [0.4, 0.5) is 10.5 Å². The van der Waals surface area contributed by atoms with Crippen LogP contribution in [0.5, 0.6) is 17.2 Å². The summed E-state index contributed by atoms with van der Waals surface area (Å²) in [4.78, 5) is 12.5. The molecule has 7 nitrogen and oxygen atoms in total. The molecule has 0 saturated carbocycles. The fourth-order valence-electron chi connectivity index (χ4n) is 3.44. The lowest BCUT2D eigenvalue weighted by Crippen LogP contribution is -2.28. The van der Waals surface area contributed by atoms with Gasteiger partial charge in [-0.25, -0.2) is 4.79 Å². The number of aryl methyl sites for hydroxylation is 1. The van der Waals surface area contributed by atoms with E-state index in [2.05, 4.69) is 21.3 Å². The Kier molecular flexibility index (Phi) is 6.97. The van der Waals surface area contributed by atoms with Crippen molar-refractivity contribution in [3.05, 3.63) is 64.4 Å². The Labute approximate surface area is 186 Å². The van der Waals surface area contributed by atoms with Crippen LogP contribution in [0.3, 0.4) is 0 Å². The molecule has 0 unspecified atom stereocenters. The minimum Gasteiger partial charge on any atom is -0.497 e. The van der Waals surface area contributed by atoms with E-state index in [9.17, 15) is 4.79 Å². The predicted octanol–water partition coefficient (Wildman–Crippen LogP) is 5.10. The van der Waals surface area contributed by atoms with Crippen LogP contribution in [-0.4, -0.2) is 31.9 Å². The first-order valence-corrected chi connectivity index (χ1v) is 10.0. The predicted molar refractivity (Wildman–Crippen MR) is 122 cm³/mol. The molecular weight excluding hydrogens is 418 g/mol. The quantitative estimate of drug-likeness (QED) is 0.533. The highest BCUT2D eigenvalue weighted by Crippen LogP contribution is 2.35. The highest BCUT2D eigenvalue weighted by molar-refractivity contribution is 6.32. The van der Waals surface area contributed by atoms with Crippen molar-refractivity contribution >= 4 is 23.3 Å². The van der Waals surface area contributed by atoms with Gasteiger partial charge in [0.05, 0.1) is 32.0 Å². The number of hydrogen-bond donors (Lipinski definition) is 2. The second-order valence-electron chi connectivity index (χ2n) is 6.92. The van der Waals surface area contributed by atoms with E-state index in [1.165, 1.54) is 14.2 Å². The Morgan fingerprint density at radius 1 is 0.968 bits per heavy atom. The molecule has 0 spiro atoms. The van der Waals surface area contributed by atoms with Gasteiger partial charge in [-0.2, -0.15) is 0 Å². The smallest absolute Gasteiger partial charge is 0.319 e. The Hall–Kier alpha value is -3.32. The summed E-state index contributed by atoms with van der Waals surface area (Å²) in [6.45, 7) is 4.43. The van der Waals surface area contributed by atoms with Gasteiger partial charge in [-0.05, 0) is 55.8 Å². The molecule has 0 fully saturated rings. The summed E-state index contributed by atoms with van der Waals surface area (Å²) in [6.07, 6.45) is 0. The molecule has 2 amide bonds. The number of methoxy groups -OCH3 is 3. The standard InChI is InChI=1S/C23H26ClN3O4/c1-14-10-16(15(2)27(14)17-6-8-18(29-3)9-7-17)13-25-23(28)26-20-11-19(24)21(30-4)12-22(20)31-5/h6-12H,13H2,1-5H3,(H2,25,26,28). The fraction of sp³-hybridized carbons (Fsp3) is 0.261. The van der Waals surface area contributed by atoms with Crippen molar-refractivity contribution in [1.29, 1.82) is 0 Å². The summed E-state index contributed by atoms with van der Waals surface area (Å²) < 4.78 is 17.9. The van der Waals surface area contributed by atoms with Crippen LogP contribution in [0.1, 0.15) is 17.0 Å². The molecule has 0 aliphatic rings. The zero-order valence-electron chi connectivity index (χ0n) is 18.2. The van der Waals surface area contributed by atoms with Crippen molar-refractivity contribution in [3.8, 4) is 22.9 Å². The number of rotatable bonds is 7. The van der Waals surface area contributed by atoms with Crippen molar-refractivity contribution in [2.75, 3.05) is 26.6 Å². The van der Waals surface area contributed by atoms with Crippen LogP contribution in [0.2, 0.25) is 5.02 Å². The average Bonchev–Trinajstić information content (AvgIpc) is 3.05. The molecule has 3 aromatic rings. The fourth-order valence-corrected chi connectivity index (χ4v) is 3.68. The molecule has 2 N–H and O–H groups in total. The molecule has 0 aliphatic heterocycles. The number of urea groups is 1. The van der Waals surface area contributed by atoms with E-state index < -0.39 is 0 Å². The van der Waals surface area contributed by atoms with Crippen molar-refractivity contribution in [2.45, 2.75) is 20.4 Å². The topological polar surface area (TPSA) is 73.8 Å². The third-order valence-corrected chi connectivity index (χ3v) is 5.32. The van der Waals surface area contributed by atoms with Crippen LogP contribution in [0.15, 0.2) is 42.5 Å². The average molecular weight is 444 g/mol. The molecule has 0 saturated heterocycles. The molecule has 0 atom stereocenters. The van der Waals surface area contributed by atoms with Gasteiger partial charge < -0.3 is 29.4 Å². The van der Waals surface area contributed by atoms with Gasteiger partial charge in [0.1, 0.15) is 17.2 Å². The normalized spacial score (nSPS) is 10.5. The maximum absolute atomic E-state index is 12.5. The summed E-state index contributed by atoms with van der Waals surface area (Å²) in [6, 6.07) is 12.8. The summed E-state index contributed by atoms with van der Waals surface area (Å²) >= 11 is 6.17. The minimum absolute atomic E-state index is 0.367. The van der Waals surface area contributed by atoms with Gasteiger partial charge in [-0.15, -0.1) is 0 Å². The zero-order valence-corrected chi connectivity index (χ0v) is 19.0. The lowest BCUT2D eigenvalue weighted by molar-refractivity contribution is 0.251. The van der Waals surface area contributed by atoms with Crippen LogP contribution in [0.25, 0.3) is 5.69 Å². The van der Waals surface area contributed by atoms with Crippen molar-refractivity contribution < 1.29 is 19.0 Å². The number of halogens is 1. The van der Waals surface area contributed by atoms with Gasteiger partial charge in [-0.1, -0.05) is 11.6 Å². The zero-order chi connectivity index (χ0) is 22.5. The van der Waals surface area contributed by atoms with Gasteiger partial charge >= 0.3 is 6.03 Å². The summed E-state index contributed by atoms with van der Waals surface area (Å²) in [5.74, 6) is 1.73. The number of ether oxygens (including phenoxy) is 3. The first-order chi connectivity index (χ1) is 14.9. The number of hydrogen-bond acceptors (Lipinski definition) is 4. The van der Waals surface area contributed by atoms with Gasteiger partial charge in [0.25, 0.3) is 0 Å². The summed E-state index contributed by atoms with van der Waals surface area (Å²) in [5.41, 5.74) is 4.62. The molecule has 0 radical (unpaired) electrons. The maximum atomic E-state index is 12.5. The van der Waals surface area contributed by atoms with E-state index >= 15 is 0 Å². The van der Waals surface area contributed by atoms with Crippen LogP contribution in [-0.2, 0) is 6.54 Å². The molecule has 31 heavy (non-hydrogen) atoms. The van der Waals surface area contributed by atoms with E-state index in [4.69, 9.17) is 25.8 Å². The Morgan fingerprint density at radius 3 is 2.26 bits per heavy atom. The van der Waals surface area contributed by atoms with E-state index in [0.717, 1.165) is 28.4 Å². The monoisotopic (exact) mass is 443 g/mol. The third-order valence-electron chi connectivity index (χ3n) is 5.03. The Bertz CT molecular complexity index is 1080. The van der Waals surface area contributed by atoms with Gasteiger partial charge in [0.2, 0.25) is 0 Å². The molecule has 1 heterocycles. The molecular formula is C23H26ClN3O4. The molecule has 1 aromatic heterocycles. The van der Waals surface area contributed by atoms with Crippen molar-refractivity contribution in [3.63, 3.8) is 0 Å². The first kappa shape index (κ1) is 22.4. The lowest BCUT2D eigenvalue weighted by Gasteiger charge is -2.14. The van der Waals surface area contributed by atoms with Crippen molar-refractivity contribution in [1.82, 2.24) is 9.88 Å². The van der Waals surface area contributed by atoms with Gasteiger partial charge in [-0.3, -0.25) is 0 Å². The highest BCUT2D eigenvalue weighted by atomic mass is 35.5. The molecule has 3 rings (SSSR count). The van der Waals surface area contributed by atoms with Crippen LogP contribution in [0, 0.1) is 13.8 Å². The molecule has 2 aromatic carbocycles. The third kappa shape index (κ3) is 4.88. The minimum atomic E-state index is -0.367. The largest absolute Gasteiger partial charge is 0.497 e. The number of nitrogens with one attached hydrogen (secondary N) is 2.